The van der Waals surface area contributed by atoms with Crippen molar-refractivity contribution in [2.45, 2.75) is 99.7 Å². The molecule has 0 unspecified atom stereocenters. The van der Waals surface area contributed by atoms with Crippen molar-refractivity contribution in [1.82, 2.24) is 5.32 Å². The second-order valence-electron chi connectivity index (χ2n) is 15.7. The van der Waals surface area contributed by atoms with Crippen LogP contribution in [0.15, 0.2) is 42.5 Å². The second-order valence-corrected chi connectivity index (χ2v) is 15.7. The van der Waals surface area contributed by atoms with Gasteiger partial charge in [-0.15, -0.1) is 0 Å². The maximum Gasteiger partial charge on any atom is 0.414 e. The van der Waals surface area contributed by atoms with Gasteiger partial charge in [0.25, 0.3) is 0 Å². The molecule has 64 heavy (non-hydrogen) atoms. The molecule has 4 aliphatic rings. The number of nitrogens with one attached hydrogen (secondary N) is 2. The van der Waals surface area contributed by atoms with Crippen LogP contribution in [0, 0.1) is 0 Å². The number of aliphatic hydroxyl groups excluding tert-OH is 6. The summed E-state index contributed by atoms with van der Waals surface area (Å²) in [6.45, 7) is -0.676. The van der Waals surface area contributed by atoms with Crippen LogP contribution in [0.3, 0.4) is 0 Å². The smallest absolute Gasteiger partial charge is 0.414 e. The summed E-state index contributed by atoms with van der Waals surface area (Å²) < 4.78 is 32.9. The molecule has 11 atom stereocenters. The number of hydrogen-bond acceptors (Lipinski definition) is 20. The number of rotatable bonds is 11. The molecule has 2 aliphatic carbocycles. The van der Waals surface area contributed by atoms with E-state index in [0.29, 0.717) is 5.56 Å². The van der Waals surface area contributed by atoms with E-state index in [1.807, 2.05) is 0 Å². The van der Waals surface area contributed by atoms with Gasteiger partial charge in [0.05, 0.1) is 48.7 Å². The second kappa shape index (κ2) is 18.4. The number of ether oxygens (including phenoxy) is 6. The standard InChI is InChI=1S/C42H46N2O20/c1-16-31(48)21(44-40(56)60-15-17-6-8-18(9-7-17)43-41(57)64-39-38(55)37(54)34(51)24(13-45)63-39)10-26(61-16)62-23-12-42(58,25(47)14-46)11-20-28(23)36(53)30-29(33(20)50)32(49)19-4-3-5-22(59-2)27(19)35(30)52/h3-9,16,21,23-24,26,31,34,37-39,45-46,48,50-51,53-55,58H,10-15H2,1-2H3,(H,43,57)(H,44,56)/t16-,21-,23-,24+,26-,31+,34-,37-,38+,39+,42-/m0/s1. The van der Waals surface area contributed by atoms with Gasteiger partial charge in [-0.1, -0.05) is 24.3 Å². The Bertz CT molecular complexity index is 2320. The van der Waals surface area contributed by atoms with Gasteiger partial charge in [-0.3, -0.25) is 19.7 Å². The number of amides is 2. The number of phenolic OH excluding ortho intramolecular Hbond substituents is 2. The van der Waals surface area contributed by atoms with E-state index < -0.39 is 145 Å². The van der Waals surface area contributed by atoms with E-state index in [9.17, 15) is 69.9 Å². The summed E-state index contributed by atoms with van der Waals surface area (Å²) in [6, 6.07) is 8.95. The number of fused-ring (bicyclic) bond motifs is 3. The van der Waals surface area contributed by atoms with Crippen LogP contribution < -0.4 is 15.4 Å². The van der Waals surface area contributed by atoms with Crippen LogP contribution in [0.2, 0.25) is 0 Å². The summed E-state index contributed by atoms with van der Waals surface area (Å²) >= 11 is 0. The number of ketones is 3. The molecule has 0 bridgehead atoms. The van der Waals surface area contributed by atoms with Gasteiger partial charge in [-0.05, 0) is 30.7 Å². The zero-order chi connectivity index (χ0) is 46.4. The fraction of sp³-hybridized carbons (Fsp3) is 0.452. The van der Waals surface area contributed by atoms with Gasteiger partial charge in [0.1, 0.15) is 66.6 Å². The van der Waals surface area contributed by atoms with Gasteiger partial charge in [0.15, 0.2) is 17.9 Å². The Hall–Kier alpha value is -5.79. The Labute approximate surface area is 362 Å². The number of anilines is 1. The van der Waals surface area contributed by atoms with Gasteiger partial charge in [-0.2, -0.15) is 0 Å². The lowest BCUT2D eigenvalue weighted by atomic mass is 9.72. The molecule has 0 saturated carbocycles. The average Bonchev–Trinajstić information content (AvgIpc) is 3.27. The Balaban J connectivity index is 1.03. The van der Waals surface area contributed by atoms with Crippen LogP contribution in [0.5, 0.6) is 17.2 Å². The van der Waals surface area contributed by atoms with Crippen molar-refractivity contribution >= 4 is 35.2 Å². The number of carbonyl (C=O) groups is 5. The summed E-state index contributed by atoms with van der Waals surface area (Å²) in [5, 5.41) is 99.9. The lowest BCUT2D eigenvalue weighted by Crippen LogP contribution is -2.59. The predicted molar refractivity (Wildman–Crippen MR) is 211 cm³/mol. The first-order chi connectivity index (χ1) is 30.4. The number of hydrogen-bond donors (Lipinski definition) is 11. The monoisotopic (exact) mass is 898 g/mol. The molecule has 22 nitrogen and oxygen atoms in total. The molecule has 0 aromatic heterocycles. The molecule has 344 valence electrons. The number of methoxy groups -OCH3 is 1. The van der Waals surface area contributed by atoms with E-state index >= 15 is 0 Å². The van der Waals surface area contributed by atoms with Crippen molar-refractivity contribution < 1.29 is 98.4 Å². The van der Waals surface area contributed by atoms with Crippen LogP contribution in [0.1, 0.15) is 74.4 Å². The van der Waals surface area contributed by atoms with Gasteiger partial charge in [0, 0.05) is 41.6 Å². The Morgan fingerprint density at radius 1 is 0.859 bits per heavy atom. The molecule has 2 aliphatic heterocycles. The predicted octanol–water partition coefficient (Wildman–Crippen LogP) is -0.683. The SMILES string of the molecule is COc1cccc2c1C(=O)c1c(O)c3c(c(O)c1C2=O)C[C@@](O)(C(=O)CO)C[C@@H]3O[C@H]1C[C@H](NC(=O)OCc2ccc(NC(=O)O[C@H]3O[C@H](CO)[C@H](O)[C@H](O)[C@H]3O)cc2)[C@H](O)[C@H](C)O1. The molecule has 22 heteroatoms. The summed E-state index contributed by atoms with van der Waals surface area (Å²) in [4.78, 5) is 66.2. The van der Waals surface area contributed by atoms with Crippen molar-refractivity contribution in [2.75, 3.05) is 25.6 Å². The lowest BCUT2D eigenvalue weighted by molar-refractivity contribution is -0.283. The van der Waals surface area contributed by atoms with E-state index in [1.54, 1.807) is 0 Å². The zero-order valence-electron chi connectivity index (χ0n) is 34.1. The molecule has 0 spiro atoms. The molecular formula is C42H46N2O20. The maximum atomic E-state index is 14.0. The van der Waals surface area contributed by atoms with Crippen molar-refractivity contribution in [1.29, 1.82) is 0 Å². The third-order valence-corrected chi connectivity index (χ3v) is 11.7. The van der Waals surface area contributed by atoms with E-state index in [0.717, 1.165) is 0 Å². The lowest BCUT2D eigenvalue weighted by Gasteiger charge is -2.42. The van der Waals surface area contributed by atoms with Gasteiger partial charge < -0.3 is 79.7 Å². The highest BCUT2D eigenvalue weighted by Crippen LogP contribution is 2.52. The number of phenols is 2. The van der Waals surface area contributed by atoms with E-state index in [1.165, 1.54) is 56.5 Å². The van der Waals surface area contributed by atoms with Crippen molar-refractivity contribution in [3.8, 4) is 17.2 Å². The van der Waals surface area contributed by atoms with Gasteiger partial charge in [0.2, 0.25) is 12.1 Å². The van der Waals surface area contributed by atoms with Crippen LogP contribution in [0.4, 0.5) is 15.3 Å². The van der Waals surface area contributed by atoms with E-state index in [2.05, 4.69) is 10.6 Å². The van der Waals surface area contributed by atoms with E-state index in [-0.39, 0.29) is 46.7 Å². The number of aliphatic hydroxyl groups is 7. The third kappa shape index (κ3) is 8.59. The molecule has 11 N–H and O–H groups in total. The summed E-state index contributed by atoms with van der Waals surface area (Å²) in [6.07, 6.45) is -17.1. The Kier molecular flexibility index (Phi) is 13.3. The summed E-state index contributed by atoms with van der Waals surface area (Å²) in [5.41, 5.74) is -3.74. The first kappa shape index (κ1) is 46.2. The van der Waals surface area contributed by atoms with Crippen LogP contribution in [-0.4, -0.2) is 157 Å². The number of carbonyl (C=O) groups excluding carboxylic acids is 5. The minimum atomic E-state index is -2.40. The number of Topliss-reactive ketones (excluding diaryl/α,β-unsaturated/α-hetero) is 1. The van der Waals surface area contributed by atoms with Crippen molar-refractivity contribution in [2.24, 2.45) is 0 Å². The first-order valence-electron chi connectivity index (χ1n) is 19.9. The number of benzene rings is 3. The molecule has 7 rings (SSSR count). The normalized spacial score (nSPS) is 29.7. The molecule has 2 amide bonds. The van der Waals surface area contributed by atoms with Gasteiger partial charge >= 0.3 is 12.2 Å². The highest BCUT2D eigenvalue weighted by Gasteiger charge is 2.51. The maximum absolute atomic E-state index is 14.0. The number of aromatic hydroxyl groups is 2. The third-order valence-electron chi connectivity index (χ3n) is 11.7. The Morgan fingerprint density at radius 2 is 1.56 bits per heavy atom. The Morgan fingerprint density at radius 3 is 2.23 bits per heavy atom. The van der Waals surface area contributed by atoms with Crippen LogP contribution in [0.25, 0.3) is 0 Å². The molecular weight excluding hydrogens is 852 g/mol. The average molecular weight is 899 g/mol. The van der Waals surface area contributed by atoms with Crippen molar-refractivity contribution in [3.05, 3.63) is 81.4 Å². The fourth-order valence-electron chi connectivity index (χ4n) is 8.30. The zero-order valence-corrected chi connectivity index (χ0v) is 34.1. The molecule has 0 radical (unpaired) electrons. The molecule has 2 fully saturated rings. The molecule has 2 saturated heterocycles. The quantitative estimate of drug-likeness (QED) is 0.0831. The molecule has 2 heterocycles. The summed E-state index contributed by atoms with van der Waals surface area (Å²) in [7, 11) is 1.28. The van der Waals surface area contributed by atoms with E-state index in [4.69, 9.17) is 28.4 Å². The van der Waals surface area contributed by atoms with Crippen molar-refractivity contribution in [3.63, 3.8) is 0 Å². The number of alkyl carbamates (subject to hydrolysis) is 1. The minimum Gasteiger partial charge on any atom is -0.507 e. The van der Waals surface area contributed by atoms with Crippen LogP contribution in [-0.2, 0) is 41.5 Å². The van der Waals surface area contributed by atoms with Gasteiger partial charge in [-0.25, -0.2) is 9.59 Å². The highest BCUT2D eigenvalue weighted by atomic mass is 16.7. The summed E-state index contributed by atoms with van der Waals surface area (Å²) in [5.74, 6) is -4.33. The molecule has 3 aromatic rings. The minimum absolute atomic E-state index is 0.0261. The topological polar surface area (TPSA) is 347 Å². The molecule has 3 aromatic carbocycles. The first-order valence-corrected chi connectivity index (χ1v) is 19.9. The largest absolute Gasteiger partial charge is 0.507 e. The highest BCUT2D eigenvalue weighted by molar-refractivity contribution is 6.31. The van der Waals surface area contributed by atoms with Crippen LogP contribution >= 0.6 is 0 Å². The fourth-order valence-corrected chi connectivity index (χ4v) is 8.30.